The van der Waals surface area contributed by atoms with Gasteiger partial charge in [0.2, 0.25) is 5.91 Å². The average molecular weight is 511 g/mol. The monoisotopic (exact) mass is 510 g/mol. The van der Waals surface area contributed by atoms with E-state index >= 15 is 0 Å². The number of anilines is 1. The van der Waals surface area contributed by atoms with E-state index in [-0.39, 0.29) is 29.8 Å². The zero-order valence-electron chi connectivity index (χ0n) is 20.0. The highest BCUT2D eigenvalue weighted by molar-refractivity contribution is 9.10. The largest absolute Gasteiger partial charge is 0.327 e. The lowest BCUT2D eigenvalue weighted by Crippen LogP contribution is -2.42. The molecule has 2 amide bonds. The Balaban J connectivity index is 1.86. The molecule has 1 N–H and O–H groups in total. The van der Waals surface area contributed by atoms with Crippen LogP contribution in [0.25, 0.3) is 5.69 Å². The zero-order chi connectivity index (χ0) is 24.3. The van der Waals surface area contributed by atoms with E-state index in [1.165, 1.54) is 0 Å². The van der Waals surface area contributed by atoms with Crippen molar-refractivity contribution in [2.45, 2.75) is 53.0 Å². The van der Waals surface area contributed by atoms with Gasteiger partial charge in [-0.1, -0.05) is 54.4 Å². The third-order valence-electron chi connectivity index (χ3n) is 5.31. The highest BCUT2D eigenvalue weighted by atomic mass is 79.9. The molecule has 0 aliphatic rings. The van der Waals surface area contributed by atoms with Gasteiger partial charge in [0.25, 0.3) is 5.91 Å². The van der Waals surface area contributed by atoms with Crippen LogP contribution in [0.4, 0.5) is 5.82 Å². The van der Waals surface area contributed by atoms with Crippen LogP contribution in [-0.2, 0) is 10.2 Å². The van der Waals surface area contributed by atoms with Gasteiger partial charge in [-0.3, -0.25) is 9.59 Å². The number of benzene rings is 2. The fraction of sp³-hybridized carbons (Fsp3) is 0.346. The summed E-state index contributed by atoms with van der Waals surface area (Å²) in [6.07, 6.45) is 0. The van der Waals surface area contributed by atoms with E-state index in [2.05, 4.69) is 42.0 Å². The number of rotatable bonds is 6. The Morgan fingerprint density at radius 2 is 1.67 bits per heavy atom. The molecule has 1 aromatic heterocycles. The van der Waals surface area contributed by atoms with E-state index < -0.39 is 0 Å². The van der Waals surface area contributed by atoms with Gasteiger partial charge in [-0.05, 0) is 57.2 Å². The summed E-state index contributed by atoms with van der Waals surface area (Å²) in [5.41, 5.74) is 3.23. The Morgan fingerprint density at radius 1 is 1.06 bits per heavy atom. The van der Waals surface area contributed by atoms with Crippen molar-refractivity contribution in [1.29, 1.82) is 0 Å². The van der Waals surface area contributed by atoms with Gasteiger partial charge in [0, 0.05) is 27.6 Å². The summed E-state index contributed by atoms with van der Waals surface area (Å²) in [5.74, 6) is 0.117. The van der Waals surface area contributed by atoms with Crippen molar-refractivity contribution in [2.24, 2.45) is 0 Å². The molecule has 174 valence electrons. The predicted molar refractivity (Wildman–Crippen MR) is 136 cm³/mol. The molecule has 0 spiro atoms. The third-order valence-corrected chi connectivity index (χ3v) is 5.84. The van der Waals surface area contributed by atoms with Crippen molar-refractivity contribution in [1.82, 2.24) is 14.7 Å². The van der Waals surface area contributed by atoms with E-state index in [4.69, 9.17) is 5.10 Å². The van der Waals surface area contributed by atoms with Crippen molar-refractivity contribution < 1.29 is 9.59 Å². The molecule has 3 aromatic rings. The Hall–Kier alpha value is -2.93. The fourth-order valence-corrected chi connectivity index (χ4v) is 3.57. The topological polar surface area (TPSA) is 67.2 Å². The van der Waals surface area contributed by atoms with Gasteiger partial charge in [0.15, 0.2) is 0 Å². The first-order chi connectivity index (χ1) is 15.5. The van der Waals surface area contributed by atoms with Crippen LogP contribution in [0.3, 0.4) is 0 Å². The van der Waals surface area contributed by atoms with Gasteiger partial charge in [0.1, 0.15) is 12.4 Å². The second kappa shape index (κ2) is 9.91. The van der Waals surface area contributed by atoms with Gasteiger partial charge >= 0.3 is 0 Å². The van der Waals surface area contributed by atoms with Crippen LogP contribution in [0, 0.1) is 6.92 Å². The van der Waals surface area contributed by atoms with E-state index in [0.717, 1.165) is 21.4 Å². The van der Waals surface area contributed by atoms with Gasteiger partial charge in [-0.25, -0.2) is 4.68 Å². The number of carbonyl (C=O) groups excluding carboxylic acids is 2. The minimum atomic E-state index is -0.275. The van der Waals surface area contributed by atoms with Crippen LogP contribution < -0.4 is 5.32 Å². The molecule has 3 rings (SSSR count). The molecule has 0 fully saturated rings. The Kier molecular flexibility index (Phi) is 7.42. The number of aryl methyl sites for hydroxylation is 1. The normalized spacial score (nSPS) is 11.5. The molecule has 0 saturated carbocycles. The van der Waals surface area contributed by atoms with Gasteiger partial charge in [-0.2, -0.15) is 5.10 Å². The van der Waals surface area contributed by atoms with Crippen LogP contribution in [0.1, 0.15) is 56.2 Å². The second-order valence-corrected chi connectivity index (χ2v) is 10.4. The maximum Gasteiger partial charge on any atom is 0.254 e. The molecule has 0 radical (unpaired) electrons. The molecule has 0 unspecified atom stereocenters. The molecular weight excluding hydrogens is 480 g/mol. The zero-order valence-corrected chi connectivity index (χ0v) is 21.6. The molecule has 0 atom stereocenters. The Labute approximate surface area is 204 Å². The number of halogens is 1. The van der Waals surface area contributed by atoms with Gasteiger partial charge in [0.05, 0.1) is 11.4 Å². The molecule has 0 saturated heterocycles. The molecule has 6 nitrogen and oxygen atoms in total. The number of amides is 2. The summed E-state index contributed by atoms with van der Waals surface area (Å²) in [7, 11) is 0. The highest BCUT2D eigenvalue weighted by Crippen LogP contribution is 2.26. The molecule has 0 aliphatic carbocycles. The summed E-state index contributed by atoms with van der Waals surface area (Å²) >= 11 is 3.39. The summed E-state index contributed by atoms with van der Waals surface area (Å²) < 4.78 is 2.64. The molecule has 2 aromatic carbocycles. The van der Waals surface area contributed by atoms with Crippen molar-refractivity contribution in [2.75, 3.05) is 11.9 Å². The minimum Gasteiger partial charge on any atom is -0.327 e. The van der Waals surface area contributed by atoms with Crippen molar-refractivity contribution in [3.8, 4) is 5.69 Å². The van der Waals surface area contributed by atoms with Crippen molar-refractivity contribution in [3.05, 3.63) is 75.9 Å². The quantitative estimate of drug-likeness (QED) is 0.460. The molecule has 0 aliphatic heterocycles. The summed E-state index contributed by atoms with van der Waals surface area (Å²) in [4.78, 5) is 27.7. The smallest absolute Gasteiger partial charge is 0.254 e. The van der Waals surface area contributed by atoms with E-state index in [9.17, 15) is 9.59 Å². The maximum atomic E-state index is 13.1. The summed E-state index contributed by atoms with van der Waals surface area (Å²) in [5, 5.41) is 7.73. The standard InChI is InChI=1S/C26H31BrN4O2/c1-17(2)30(25(33)19-9-11-20(27)12-10-19)16-24(32)28-23-15-22(26(4,5)6)29-31(23)21-13-7-18(3)8-14-21/h7-15,17H,16H2,1-6H3,(H,28,32). The van der Waals surface area contributed by atoms with E-state index in [1.54, 1.807) is 21.7 Å². The van der Waals surface area contributed by atoms with Crippen LogP contribution in [0.5, 0.6) is 0 Å². The van der Waals surface area contributed by atoms with Crippen LogP contribution in [0.15, 0.2) is 59.1 Å². The first-order valence-corrected chi connectivity index (χ1v) is 11.8. The lowest BCUT2D eigenvalue weighted by molar-refractivity contribution is -0.117. The van der Waals surface area contributed by atoms with Crippen LogP contribution >= 0.6 is 15.9 Å². The predicted octanol–water partition coefficient (Wildman–Crippen LogP) is 5.73. The van der Waals surface area contributed by atoms with Crippen LogP contribution in [0.2, 0.25) is 0 Å². The molecule has 1 heterocycles. The SMILES string of the molecule is Cc1ccc(-n2nc(C(C)(C)C)cc2NC(=O)CN(C(=O)c2ccc(Br)cc2)C(C)C)cc1. The maximum absolute atomic E-state index is 13.1. The number of hydrogen-bond acceptors (Lipinski definition) is 3. The van der Waals surface area contributed by atoms with Crippen molar-refractivity contribution in [3.63, 3.8) is 0 Å². The second-order valence-electron chi connectivity index (χ2n) is 9.49. The highest BCUT2D eigenvalue weighted by Gasteiger charge is 2.24. The number of hydrogen-bond donors (Lipinski definition) is 1. The molecule has 0 bridgehead atoms. The van der Waals surface area contributed by atoms with Crippen molar-refractivity contribution >= 4 is 33.6 Å². The minimum absolute atomic E-state index is 0.0590. The first kappa shape index (κ1) is 24.7. The fourth-order valence-electron chi connectivity index (χ4n) is 3.30. The average Bonchev–Trinajstić information content (AvgIpc) is 3.16. The Morgan fingerprint density at radius 3 is 2.21 bits per heavy atom. The Bertz CT molecular complexity index is 1130. The number of nitrogens with one attached hydrogen (secondary N) is 1. The lowest BCUT2D eigenvalue weighted by Gasteiger charge is -2.26. The molecule has 33 heavy (non-hydrogen) atoms. The number of nitrogens with zero attached hydrogens (tertiary/aromatic N) is 3. The number of aromatic nitrogens is 2. The third kappa shape index (κ3) is 6.11. The van der Waals surface area contributed by atoms with Crippen LogP contribution in [-0.4, -0.2) is 39.1 Å². The van der Waals surface area contributed by atoms with E-state index in [1.807, 2.05) is 63.2 Å². The summed E-state index contributed by atoms with van der Waals surface area (Å²) in [6, 6.07) is 16.9. The van der Waals surface area contributed by atoms with Gasteiger partial charge < -0.3 is 10.2 Å². The van der Waals surface area contributed by atoms with Gasteiger partial charge in [-0.15, -0.1) is 0 Å². The molecular formula is C26H31BrN4O2. The lowest BCUT2D eigenvalue weighted by atomic mass is 9.92. The molecule has 7 heteroatoms. The number of carbonyl (C=O) groups is 2. The first-order valence-electron chi connectivity index (χ1n) is 11.0. The summed E-state index contributed by atoms with van der Waals surface area (Å²) in [6.45, 7) is 12.0. The van der Waals surface area contributed by atoms with E-state index in [0.29, 0.717) is 11.4 Å².